The second-order valence-electron chi connectivity index (χ2n) is 6.66. The summed E-state index contributed by atoms with van der Waals surface area (Å²) in [5, 5.41) is 3.71. The van der Waals surface area contributed by atoms with Crippen molar-refractivity contribution >= 4 is 5.91 Å². The van der Waals surface area contributed by atoms with Crippen LogP contribution in [-0.4, -0.2) is 18.5 Å². The number of allylic oxidation sites excluding steroid dienone is 2. The number of nitrogens with one attached hydrogen (secondary N) is 1. The van der Waals surface area contributed by atoms with Gasteiger partial charge in [-0.15, -0.1) is 0 Å². The lowest BCUT2D eigenvalue weighted by Crippen LogP contribution is -2.39. The summed E-state index contributed by atoms with van der Waals surface area (Å²) in [7, 11) is 0. The quantitative estimate of drug-likeness (QED) is 0.767. The highest BCUT2D eigenvalue weighted by Crippen LogP contribution is 2.28. The van der Waals surface area contributed by atoms with Gasteiger partial charge in [0.15, 0.2) is 0 Å². The van der Waals surface area contributed by atoms with E-state index in [4.69, 9.17) is 5.73 Å². The molecule has 0 radical (unpaired) electrons. The van der Waals surface area contributed by atoms with Gasteiger partial charge in [0.05, 0.1) is 0 Å². The van der Waals surface area contributed by atoms with Gasteiger partial charge in [0.1, 0.15) is 0 Å². The molecule has 0 aromatic rings. The Labute approximate surface area is 117 Å². The molecule has 2 rings (SSSR count). The van der Waals surface area contributed by atoms with Crippen molar-refractivity contribution in [3.8, 4) is 0 Å². The van der Waals surface area contributed by atoms with Crippen molar-refractivity contribution in [2.24, 2.45) is 23.5 Å². The van der Waals surface area contributed by atoms with Crippen LogP contribution in [0.4, 0.5) is 0 Å². The number of carbonyl (C=O) groups excluding carboxylic acids is 1. The molecule has 0 heterocycles. The van der Waals surface area contributed by atoms with E-state index in [2.05, 4.69) is 25.2 Å². The standard InChI is InChI=1S/C16H28N2O/c1-11-7-12(2)9-13(8-11)10-18-15-5-3-14(4-6-15)16(17)19/h7,11,13-15,18H,3-6,8-10H2,1-2H3,(H2,17,19). The van der Waals surface area contributed by atoms with Crippen LogP contribution in [0.2, 0.25) is 0 Å². The SMILES string of the molecule is CC1=CC(C)CC(CNC2CCC(C(N)=O)CC2)C1. The van der Waals surface area contributed by atoms with Gasteiger partial charge in [0.25, 0.3) is 0 Å². The summed E-state index contributed by atoms with van der Waals surface area (Å²) in [5.41, 5.74) is 6.91. The molecular weight excluding hydrogens is 236 g/mol. The van der Waals surface area contributed by atoms with Crippen molar-refractivity contribution in [3.63, 3.8) is 0 Å². The number of nitrogens with two attached hydrogens (primary N) is 1. The highest BCUT2D eigenvalue weighted by molar-refractivity contribution is 5.76. The molecule has 0 spiro atoms. The number of hydrogen-bond acceptors (Lipinski definition) is 2. The summed E-state index contributed by atoms with van der Waals surface area (Å²) in [5.74, 6) is 1.53. The maximum Gasteiger partial charge on any atom is 0.220 e. The first-order valence-electron chi connectivity index (χ1n) is 7.74. The van der Waals surface area contributed by atoms with Crippen molar-refractivity contribution in [2.75, 3.05) is 6.54 Å². The average Bonchev–Trinajstić information content (AvgIpc) is 2.36. The van der Waals surface area contributed by atoms with Crippen LogP contribution in [0.3, 0.4) is 0 Å². The zero-order valence-corrected chi connectivity index (χ0v) is 12.3. The van der Waals surface area contributed by atoms with E-state index in [1.165, 1.54) is 12.8 Å². The molecule has 108 valence electrons. The summed E-state index contributed by atoms with van der Waals surface area (Å²) < 4.78 is 0. The van der Waals surface area contributed by atoms with Gasteiger partial charge in [-0.2, -0.15) is 0 Å². The minimum Gasteiger partial charge on any atom is -0.369 e. The van der Waals surface area contributed by atoms with Gasteiger partial charge in [0.2, 0.25) is 5.91 Å². The van der Waals surface area contributed by atoms with E-state index in [1.807, 2.05) is 0 Å². The van der Waals surface area contributed by atoms with Crippen LogP contribution in [0.5, 0.6) is 0 Å². The summed E-state index contributed by atoms with van der Waals surface area (Å²) in [4.78, 5) is 11.1. The minimum absolute atomic E-state index is 0.111. The number of rotatable bonds is 4. The van der Waals surface area contributed by atoms with Crippen molar-refractivity contribution in [3.05, 3.63) is 11.6 Å². The topological polar surface area (TPSA) is 55.1 Å². The van der Waals surface area contributed by atoms with Gasteiger partial charge in [-0.05, 0) is 63.8 Å². The van der Waals surface area contributed by atoms with Gasteiger partial charge in [-0.25, -0.2) is 0 Å². The lowest BCUT2D eigenvalue weighted by atomic mass is 9.82. The zero-order valence-electron chi connectivity index (χ0n) is 12.3. The first-order chi connectivity index (χ1) is 9.04. The van der Waals surface area contributed by atoms with E-state index in [0.29, 0.717) is 6.04 Å². The largest absolute Gasteiger partial charge is 0.369 e. The monoisotopic (exact) mass is 264 g/mol. The van der Waals surface area contributed by atoms with Crippen LogP contribution in [0.25, 0.3) is 0 Å². The van der Waals surface area contributed by atoms with Gasteiger partial charge in [-0.1, -0.05) is 18.6 Å². The van der Waals surface area contributed by atoms with E-state index >= 15 is 0 Å². The number of carbonyl (C=O) groups is 1. The lowest BCUT2D eigenvalue weighted by molar-refractivity contribution is -0.122. The second kappa shape index (κ2) is 6.56. The number of amides is 1. The fourth-order valence-corrected chi connectivity index (χ4v) is 3.76. The smallest absolute Gasteiger partial charge is 0.220 e. The maximum absolute atomic E-state index is 11.1. The van der Waals surface area contributed by atoms with Crippen molar-refractivity contribution in [2.45, 2.75) is 58.4 Å². The zero-order chi connectivity index (χ0) is 13.8. The first-order valence-corrected chi connectivity index (χ1v) is 7.74. The number of hydrogen-bond donors (Lipinski definition) is 2. The normalized spacial score (nSPS) is 35.8. The van der Waals surface area contributed by atoms with Gasteiger partial charge in [0, 0.05) is 12.0 Å². The van der Waals surface area contributed by atoms with Gasteiger partial charge in [-0.3, -0.25) is 4.79 Å². The van der Waals surface area contributed by atoms with Crippen molar-refractivity contribution in [1.82, 2.24) is 5.32 Å². The highest BCUT2D eigenvalue weighted by Gasteiger charge is 2.25. The minimum atomic E-state index is -0.111. The molecule has 0 bridgehead atoms. The van der Waals surface area contributed by atoms with E-state index in [0.717, 1.165) is 44.1 Å². The molecule has 1 amide bonds. The molecule has 1 saturated carbocycles. The fourth-order valence-electron chi connectivity index (χ4n) is 3.76. The molecule has 2 aliphatic carbocycles. The Kier molecular flexibility index (Phi) is 5.03. The van der Waals surface area contributed by atoms with Gasteiger partial charge < -0.3 is 11.1 Å². The third-order valence-corrected chi connectivity index (χ3v) is 4.71. The van der Waals surface area contributed by atoms with E-state index in [1.54, 1.807) is 5.57 Å². The number of primary amides is 1. The van der Waals surface area contributed by atoms with Crippen LogP contribution in [0, 0.1) is 17.8 Å². The molecule has 1 fully saturated rings. The molecule has 0 aliphatic heterocycles. The molecule has 2 atom stereocenters. The molecule has 0 aromatic carbocycles. The summed E-state index contributed by atoms with van der Waals surface area (Å²) in [6, 6.07) is 0.595. The summed E-state index contributed by atoms with van der Waals surface area (Å²) in [6.45, 7) is 5.69. The molecule has 0 saturated heterocycles. The van der Waals surface area contributed by atoms with Crippen molar-refractivity contribution in [1.29, 1.82) is 0 Å². The predicted molar refractivity (Wildman–Crippen MR) is 78.6 cm³/mol. The van der Waals surface area contributed by atoms with Gasteiger partial charge >= 0.3 is 0 Å². The third-order valence-electron chi connectivity index (χ3n) is 4.71. The molecular formula is C16H28N2O. The Morgan fingerprint density at radius 1 is 1.37 bits per heavy atom. The average molecular weight is 264 g/mol. The van der Waals surface area contributed by atoms with E-state index < -0.39 is 0 Å². The van der Waals surface area contributed by atoms with E-state index in [-0.39, 0.29) is 11.8 Å². The molecule has 2 unspecified atom stereocenters. The third kappa shape index (κ3) is 4.34. The second-order valence-corrected chi connectivity index (χ2v) is 6.66. The van der Waals surface area contributed by atoms with Crippen LogP contribution in [0.15, 0.2) is 11.6 Å². The highest BCUT2D eigenvalue weighted by atomic mass is 16.1. The summed E-state index contributed by atoms with van der Waals surface area (Å²) in [6.07, 6.45) is 9.10. The summed E-state index contributed by atoms with van der Waals surface area (Å²) >= 11 is 0. The Morgan fingerprint density at radius 3 is 2.63 bits per heavy atom. The Morgan fingerprint density at radius 2 is 2.05 bits per heavy atom. The van der Waals surface area contributed by atoms with Crippen LogP contribution in [-0.2, 0) is 4.79 Å². The van der Waals surface area contributed by atoms with Crippen LogP contribution < -0.4 is 11.1 Å². The Balaban J connectivity index is 1.70. The Bertz CT molecular complexity index is 343. The van der Waals surface area contributed by atoms with Crippen LogP contribution >= 0.6 is 0 Å². The predicted octanol–water partition coefficient (Wildman–Crippen LogP) is 2.61. The molecule has 19 heavy (non-hydrogen) atoms. The van der Waals surface area contributed by atoms with E-state index in [9.17, 15) is 4.79 Å². The van der Waals surface area contributed by atoms with Crippen LogP contribution in [0.1, 0.15) is 52.4 Å². The lowest BCUT2D eigenvalue weighted by Gasteiger charge is -2.31. The molecule has 0 aromatic heterocycles. The molecule has 3 nitrogen and oxygen atoms in total. The van der Waals surface area contributed by atoms with Crippen molar-refractivity contribution < 1.29 is 4.79 Å². The molecule has 3 N–H and O–H groups in total. The fraction of sp³-hybridized carbons (Fsp3) is 0.812. The Hall–Kier alpha value is -0.830. The first kappa shape index (κ1) is 14.6. The molecule has 2 aliphatic rings. The molecule has 3 heteroatoms. The maximum atomic E-state index is 11.1.